The molecule has 2 aromatic rings. The van der Waals surface area contributed by atoms with Crippen molar-refractivity contribution in [2.24, 2.45) is 0 Å². The summed E-state index contributed by atoms with van der Waals surface area (Å²) >= 11 is 0. The number of anilines is 3. The Morgan fingerprint density at radius 2 is 1.65 bits per heavy atom. The lowest BCUT2D eigenvalue weighted by molar-refractivity contribution is 0.244. The third-order valence-electron chi connectivity index (χ3n) is 2.53. The van der Waals surface area contributed by atoms with Gasteiger partial charge in [0.25, 0.3) is 0 Å². The molecular formula is C15H16F2N2O. The van der Waals surface area contributed by atoms with Crippen molar-refractivity contribution in [3.63, 3.8) is 0 Å². The first-order valence-corrected chi connectivity index (χ1v) is 6.23. The molecule has 0 amide bonds. The van der Waals surface area contributed by atoms with Gasteiger partial charge < -0.3 is 15.8 Å². The van der Waals surface area contributed by atoms with E-state index in [0.717, 1.165) is 6.07 Å². The second-order valence-electron chi connectivity index (χ2n) is 4.70. The van der Waals surface area contributed by atoms with Gasteiger partial charge in [-0.05, 0) is 38.1 Å². The summed E-state index contributed by atoms with van der Waals surface area (Å²) in [5, 5.41) is 2.91. The molecule has 0 aliphatic rings. The van der Waals surface area contributed by atoms with Crippen molar-refractivity contribution in [2.45, 2.75) is 20.0 Å². The van der Waals surface area contributed by atoms with E-state index in [1.165, 1.54) is 12.1 Å². The number of hydrogen-bond acceptors (Lipinski definition) is 3. The second-order valence-corrected chi connectivity index (χ2v) is 4.70. The molecule has 0 atom stereocenters. The monoisotopic (exact) mass is 278 g/mol. The van der Waals surface area contributed by atoms with Crippen LogP contribution >= 0.6 is 0 Å². The Hall–Kier alpha value is -2.30. The fourth-order valence-corrected chi connectivity index (χ4v) is 1.76. The summed E-state index contributed by atoms with van der Waals surface area (Å²) < 4.78 is 31.8. The lowest BCUT2D eigenvalue weighted by atomic mass is 10.2. The number of benzene rings is 2. The molecule has 3 N–H and O–H groups in total. The highest BCUT2D eigenvalue weighted by Crippen LogP contribution is 2.28. The van der Waals surface area contributed by atoms with E-state index in [2.05, 4.69) is 5.32 Å². The first-order chi connectivity index (χ1) is 9.44. The van der Waals surface area contributed by atoms with Gasteiger partial charge in [-0.15, -0.1) is 0 Å². The fraction of sp³-hybridized carbons (Fsp3) is 0.200. The van der Waals surface area contributed by atoms with E-state index in [1.54, 1.807) is 18.2 Å². The molecule has 0 saturated carbocycles. The van der Waals surface area contributed by atoms with Crippen molar-refractivity contribution in [1.82, 2.24) is 0 Å². The molecule has 2 rings (SSSR count). The van der Waals surface area contributed by atoms with Gasteiger partial charge >= 0.3 is 0 Å². The number of rotatable bonds is 4. The van der Waals surface area contributed by atoms with Gasteiger partial charge in [-0.2, -0.15) is 0 Å². The maximum atomic E-state index is 13.1. The zero-order valence-corrected chi connectivity index (χ0v) is 11.3. The average Bonchev–Trinajstić information content (AvgIpc) is 2.31. The smallest absolute Gasteiger partial charge is 0.144 e. The van der Waals surface area contributed by atoms with Crippen molar-refractivity contribution >= 4 is 17.1 Å². The van der Waals surface area contributed by atoms with E-state index in [1.807, 2.05) is 13.8 Å². The Morgan fingerprint density at radius 3 is 2.25 bits per heavy atom. The molecule has 0 aliphatic carbocycles. The largest absolute Gasteiger partial charge is 0.489 e. The summed E-state index contributed by atoms with van der Waals surface area (Å²) in [6.07, 6.45) is -0.0147. The standard InChI is InChI=1S/C15H16F2N2O/c1-9(2)20-15-8-12(3-4-14(15)18)19-13-6-10(16)5-11(17)7-13/h3-9,19H,18H2,1-2H3. The zero-order valence-electron chi connectivity index (χ0n) is 11.3. The molecule has 0 unspecified atom stereocenters. The molecule has 5 heteroatoms. The van der Waals surface area contributed by atoms with Crippen LogP contribution in [0.2, 0.25) is 0 Å². The van der Waals surface area contributed by atoms with Gasteiger partial charge in [0.15, 0.2) is 0 Å². The molecule has 106 valence electrons. The number of ether oxygens (including phenoxy) is 1. The minimum atomic E-state index is -0.637. The summed E-state index contributed by atoms with van der Waals surface area (Å²) in [5.74, 6) is -0.745. The normalized spacial score (nSPS) is 10.7. The maximum absolute atomic E-state index is 13.1. The molecule has 0 saturated heterocycles. The number of nitrogen functional groups attached to an aromatic ring is 1. The quantitative estimate of drug-likeness (QED) is 0.828. The molecule has 0 heterocycles. The Labute approximate surface area is 116 Å². The van der Waals surface area contributed by atoms with Gasteiger partial charge in [-0.25, -0.2) is 8.78 Å². The molecule has 0 aliphatic heterocycles. The van der Waals surface area contributed by atoms with Gasteiger partial charge in [-0.1, -0.05) is 0 Å². The van der Waals surface area contributed by atoms with E-state index >= 15 is 0 Å². The van der Waals surface area contributed by atoms with Crippen LogP contribution in [-0.2, 0) is 0 Å². The second kappa shape index (κ2) is 5.77. The van der Waals surface area contributed by atoms with Crippen LogP contribution in [0.4, 0.5) is 25.8 Å². The highest BCUT2D eigenvalue weighted by Gasteiger charge is 2.06. The lowest BCUT2D eigenvalue weighted by Gasteiger charge is -2.14. The Balaban J connectivity index is 2.25. The molecule has 0 radical (unpaired) electrons. The summed E-state index contributed by atoms with van der Waals surface area (Å²) in [6, 6.07) is 8.32. The summed E-state index contributed by atoms with van der Waals surface area (Å²) in [5.41, 5.74) is 7.28. The van der Waals surface area contributed by atoms with Crippen molar-refractivity contribution < 1.29 is 13.5 Å². The van der Waals surface area contributed by atoms with Crippen LogP contribution < -0.4 is 15.8 Å². The summed E-state index contributed by atoms with van der Waals surface area (Å²) in [7, 11) is 0. The first-order valence-electron chi connectivity index (χ1n) is 6.23. The van der Waals surface area contributed by atoms with Gasteiger partial charge in [-0.3, -0.25) is 0 Å². The Bertz CT molecular complexity index is 595. The van der Waals surface area contributed by atoms with E-state index in [4.69, 9.17) is 10.5 Å². The maximum Gasteiger partial charge on any atom is 0.144 e. The van der Waals surface area contributed by atoms with Crippen molar-refractivity contribution in [3.8, 4) is 5.75 Å². The van der Waals surface area contributed by atoms with Crippen molar-refractivity contribution in [2.75, 3.05) is 11.1 Å². The molecule has 0 fully saturated rings. The molecule has 0 spiro atoms. The van der Waals surface area contributed by atoms with Crippen LogP contribution in [0, 0.1) is 11.6 Å². The van der Waals surface area contributed by atoms with Gasteiger partial charge in [0.1, 0.15) is 17.4 Å². The van der Waals surface area contributed by atoms with Crippen LogP contribution in [-0.4, -0.2) is 6.10 Å². The van der Waals surface area contributed by atoms with Gasteiger partial charge in [0.2, 0.25) is 0 Å². The Morgan fingerprint density at radius 1 is 1.00 bits per heavy atom. The fourth-order valence-electron chi connectivity index (χ4n) is 1.76. The molecular weight excluding hydrogens is 262 g/mol. The third-order valence-corrected chi connectivity index (χ3v) is 2.53. The van der Waals surface area contributed by atoms with Gasteiger partial charge in [0, 0.05) is 23.5 Å². The predicted molar refractivity (Wildman–Crippen MR) is 76.3 cm³/mol. The average molecular weight is 278 g/mol. The highest BCUT2D eigenvalue weighted by molar-refractivity contribution is 5.66. The molecule has 3 nitrogen and oxygen atoms in total. The van der Waals surface area contributed by atoms with Gasteiger partial charge in [0.05, 0.1) is 11.8 Å². The number of hydrogen-bond donors (Lipinski definition) is 2. The summed E-state index contributed by atoms with van der Waals surface area (Å²) in [4.78, 5) is 0. The predicted octanol–water partition coefficient (Wildman–Crippen LogP) is 4.08. The summed E-state index contributed by atoms with van der Waals surface area (Å²) in [6.45, 7) is 3.78. The number of nitrogens with one attached hydrogen (secondary N) is 1. The van der Waals surface area contributed by atoms with Crippen LogP contribution in [0.25, 0.3) is 0 Å². The van der Waals surface area contributed by atoms with E-state index in [0.29, 0.717) is 22.8 Å². The minimum Gasteiger partial charge on any atom is -0.489 e. The van der Waals surface area contributed by atoms with Crippen molar-refractivity contribution in [1.29, 1.82) is 0 Å². The Kier molecular flexibility index (Phi) is 4.08. The van der Waals surface area contributed by atoms with E-state index in [-0.39, 0.29) is 6.10 Å². The topological polar surface area (TPSA) is 47.3 Å². The minimum absolute atomic E-state index is 0.0147. The molecule has 0 aromatic heterocycles. The highest BCUT2D eigenvalue weighted by atomic mass is 19.1. The van der Waals surface area contributed by atoms with Crippen LogP contribution in [0.15, 0.2) is 36.4 Å². The first kappa shape index (κ1) is 14.1. The number of nitrogens with two attached hydrogens (primary N) is 1. The van der Waals surface area contributed by atoms with Crippen LogP contribution in [0.5, 0.6) is 5.75 Å². The van der Waals surface area contributed by atoms with E-state index in [9.17, 15) is 8.78 Å². The van der Waals surface area contributed by atoms with Crippen LogP contribution in [0.3, 0.4) is 0 Å². The molecule has 0 bridgehead atoms. The molecule has 20 heavy (non-hydrogen) atoms. The SMILES string of the molecule is CC(C)Oc1cc(Nc2cc(F)cc(F)c2)ccc1N. The van der Waals surface area contributed by atoms with Crippen LogP contribution in [0.1, 0.15) is 13.8 Å². The lowest BCUT2D eigenvalue weighted by Crippen LogP contribution is -2.07. The number of halogens is 2. The van der Waals surface area contributed by atoms with E-state index < -0.39 is 11.6 Å². The zero-order chi connectivity index (χ0) is 14.7. The van der Waals surface area contributed by atoms with Crippen molar-refractivity contribution in [3.05, 3.63) is 48.0 Å². The third kappa shape index (κ3) is 3.60. The molecule has 2 aromatic carbocycles.